The van der Waals surface area contributed by atoms with E-state index in [-0.39, 0.29) is 6.04 Å². The van der Waals surface area contributed by atoms with E-state index < -0.39 is 0 Å². The normalized spacial score (nSPS) is 12.4. The Morgan fingerprint density at radius 2 is 1.79 bits per heavy atom. The van der Waals surface area contributed by atoms with Gasteiger partial charge in [0.2, 0.25) is 0 Å². The second-order valence-electron chi connectivity index (χ2n) is 2.89. The molecule has 1 atom stereocenters. The minimum absolute atomic E-state index is 0.230. The molecule has 0 bridgehead atoms. The number of nitrogens with two attached hydrogens (primary N) is 1. The van der Waals surface area contributed by atoms with Crippen LogP contribution in [-0.4, -0.2) is 15.0 Å². The lowest BCUT2D eigenvalue weighted by Gasteiger charge is -2.09. The highest BCUT2D eigenvalue weighted by atomic mass is 14.8. The molecule has 14 heavy (non-hydrogen) atoms. The third-order valence-electron chi connectivity index (χ3n) is 1.97. The first kappa shape index (κ1) is 8.77. The first-order valence-electron chi connectivity index (χ1n) is 4.29. The van der Waals surface area contributed by atoms with E-state index in [1.165, 1.54) is 0 Å². The van der Waals surface area contributed by atoms with Crippen LogP contribution in [0.2, 0.25) is 0 Å². The van der Waals surface area contributed by atoms with Crippen molar-refractivity contribution in [3.05, 3.63) is 54.4 Å². The van der Waals surface area contributed by atoms with Crippen molar-refractivity contribution >= 4 is 0 Å². The molecule has 4 heteroatoms. The van der Waals surface area contributed by atoms with E-state index in [2.05, 4.69) is 15.0 Å². The maximum atomic E-state index is 5.99. The number of aromatic nitrogens is 3. The Labute approximate surface area is 81.9 Å². The second kappa shape index (κ2) is 3.93. The zero-order valence-corrected chi connectivity index (χ0v) is 7.54. The summed E-state index contributed by atoms with van der Waals surface area (Å²) in [4.78, 5) is 12.1. The molecule has 2 rings (SSSR count). The van der Waals surface area contributed by atoms with Crippen molar-refractivity contribution < 1.29 is 0 Å². The Kier molecular flexibility index (Phi) is 2.46. The number of rotatable bonds is 2. The van der Waals surface area contributed by atoms with Crippen molar-refractivity contribution in [1.82, 2.24) is 15.0 Å². The second-order valence-corrected chi connectivity index (χ2v) is 2.89. The molecule has 0 fully saturated rings. The van der Waals surface area contributed by atoms with Crippen LogP contribution in [0.4, 0.5) is 0 Å². The number of hydrogen-bond donors (Lipinski definition) is 1. The lowest BCUT2D eigenvalue weighted by atomic mass is 10.1. The van der Waals surface area contributed by atoms with Crippen LogP contribution in [0.5, 0.6) is 0 Å². The average Bonchev–Trinajstić information content (AvgIpc) is 2.30. The molecule has 0 radical (unpaired) electrons. The van der Waals surface area contributed by atoms with Crippen LogP contribution in [0.1, 0.15) is 17.3 Å². The standard InChI is InChI=1S/C10H10N4/c11-10(8-1-3-12-4-2-8)9-7-13-5-6-14-9/h1-7,10H,11H2. The summed E-state index contributed by atoms with van der Waals surface area (Å²) in [5, 5.41) is 0. The maximum Gasteiger partial charge on any atom is 0.0799 e. The van der Waals surface area contributed by atoms with Gasteiger partial charge in [0.1, 0.15) is 0 Å². The van der Waals surface area contributed by atoms with Gasteiger partial charge < -0.3 is 5.73 Å². The molecule has 70 valence electrons. The summed E-state index contributed by atoms with van der Waals surface area (Å²) in [6.45, 7) is 0. The van der Waals surface area contributed by atoms with Gasteiger partial charge >= 0.3 is 0 Å². The van der Waals surface area contributed by atoms with Gasteiger partial charge in [0.25, 0.3) is 0 Å². The molecule has 0 saturated carbocycles. The van der Waals surface area contributed by atoms with Gasteiger partial charge in [-0.1, -0.05) is 0 Å². The van der Waals surface area contributed by atoms with E-state index in [1.54, 1.807) is 31.0 Å². The Morgan fingerprint density at radius 1 is 1.00 bits per heavy atom. The number of pyridine rings is 1. The Morgan fingerprint density at radius 3 is 2.43 bits per heavy atom. The van der Waals surface area contributed by atoms with Gasteiger partial charge in [0.05, 0.1) is 17.9 Å². The van der Waals surface area contributed by atoms with Crippen LogP contribution in [0, 0.1) is 0 Å². The van der Waals surface area contributed by atoms with E-state index in [4.69, 9.17) is 5.73 Å². The van der Waals surface area contributed by atoms with Gasteiger partial charge in [-0.25, -0.2) is 0 Å². The van der Waals surface area contributed by atoms with Crippen LogP contribution in [-0.2, 0) is 0 Å². The van der Waals surface area contributed by atoms with Crippen molar-refractivity contribution in [3.8, 4) is 0 Å². The first-order chi connectivity index (χ1) is 6.88. The van der Waals surface area contributed by atoms with Crippen molar-refractivity contribution in [2.24, 2.45) is 5.73 Å². The summed E-state index contributed by atoms with van der Waals surface area (Å²) in [5.41, 5.74) is 7.74. The molecular formula is C10H10N4. The molecule has 1 unspecified atom stereocenters. The van der Waals surface area contributed by atoms with Gasteiger partial charge in [-0.3, -0.25) is 15.0 Å². The molecule has 0 saturated heterocycles. The monoisotopic (exact) mass is 186 g/mol. The van der Waals surface area contributed by atoms with Crippen molar-refractivity contribution in [3.63, 3.8) is 0 Å². The fourth-order valence-electron chi connectivity index (χ4n) is 1.21. The van der Waals surface area contributed by atoms with E-state index in [1.807, 2.05) is 12.1 Å². The van der Waals surface area contributed by atoms with Gasteiger partial charge in [0, 0.05) is 24.8 Å². The zero-order valence-electron chi connectivity index (χ0n) is 7.54. The molecule has 2 N–H and O–H groups in total. The molecule has 0 aliphatic heterocycles. The molecule has 0 aliphatic rings. The van der Waals surface area contributed by atoms with Crippen LogP contribution in [0.15, 0.2) is 43.1 Å². The summed E-state index contributed by atoms with van der Waals surface area (Å²) in [6.07, 6.45) is 8.36. The fourth-order valence-corrected chi connectivity index (χ4v) is 1.21. The highest BCUT2D eigenvalue weighted by Gasteiger charge is 2.08. The summed E-state index contributed by atoms with van der Waals surface area (Å²) in [5.74, 6) is 0. The molecule has 0 aliphatic carbocycles. The van der Waals surface area contributed by atoms with Gasteiger partial charge in [-0.05, 0) is 17.7 Å². The van der Waals surface area contributed by atoms with E-state index in [9.17, 15) is 0 Å². The van der Waals surface area contributed by atoms with Crippen molar-refractivity contribution in [2.45, 2.75) is 6.04 Å². The molecule has 2 aromatic rings. The molecular weight excluding hydrogens is 176 g/mol. The number of hydrogen-bond acceptors (Lipinski definition) is 4. The van der Waals surface area contributed by atoms with Crippen molar-refractivity contribution in [2.75, 3.05) is 0 Å². The van der Waals surface area contributed by atoms with Crippen LogP contribution >= 0.6 is 0 Å². The Balaban J connectivity index is 2.30. The lowest BCUT2D eigenvalue weighted by molar-refractivity contribution is 0.815. The molecule has 0 amide bonds. The predicted octanol–water partition coefficient (Wildman–Crippen LogP) is 0.920. The quantitative estimate of drug-likeness (QED) is 0.757. The summed E-state index contributed by atoms with van der Waals surface area (Å²) in [6, 6.07) is 3.52. The average molecular weight is 186 g/mol. The lowest BCUT2D eigenvalue weighted by Crippen LogP contribution is -2.13. The highest BCUT2D eigenvalue weighted by Crippen LogP contribution is 2.14. The van der Waals surface area contributed by atoms with Crippen LogP contribution in [0.3, 0.4) is 0 Å². The summed E-state index contributed by atoms with van der Waals surface area (Å²) in [7, 11) is 0. The Hall–Kier alpha value is -1.81. The number of nitrogens with zero attached hydrogens (tertiary/aromatic N) is 3. The summed E-state index contributed by atoms with van der Waals surface area (Å²) < 4.78 is 0. The molecule has 0 aromatic carbocycles. The van der Waals surface area contributed by atoms with E-state index in [0.29, 0.717) is 0 Å². The van der Waals surface area contributed by atoms with Gasteiger partial charge in [-0.15, -0.1) is 0 Å². The largest absolute Gasteiger partial charge is 0.319 e. The van der Waals surface area contributed by atoms with Gasteiger partial charge in [0.15, 0.2) is 0 Å². The van der Waals surface area contributed by atoms with Crippen LogP contribution < -0.4 is 5.73 Å². The molecule has 0 spiro atoms. The third-order valence-corrected chi connectivity index (χ3v) is 1.97. The predicted molar refractivity (Wildman–Crippen MR) is 52.3 cm³/mol. The first-order valence-corrected chi connectivity index (χ1v) is 4.29. The van der Waals surface area contributed by atoms with Gasteiger partial charge in [-0.2, -0.15) is 0 Å². The molecule has 4 nitrogen and oxygen atoms in total. The van der Waals surface area contributed by atoms with Crippen LogP contribution in [0.25, 0.3) is 0 Å². The van der Waals surface area contributed by atoms with Crippen molar-refractivity contribution in [1.29, 1.82) is 0 Å². The molecule has 2 heterocycles. The Bertz CT molecular complexity index is 348. The third kappa shape index (κ3) is 1.75. The topological polar surface area (TPSA) is 64.7 Å². The smallest absolute Gasteiger partial charge is 0.0799 e. The fraction of sp³-hybridized carbons (Fsp3) is 0.100. The minimum atomic E-state index is -0.230. The van der Waals surface area contributed by atoms with E-state index in [0.717, 1.165) is 11.3 Å². The maximum absolute atomic E-state index is 5.99. The minimum Gasteiger partial charge on any atom is -0.319 e. The van der Waals surface area contributed by atoms with E-state index >= 15 is 0 Å². The SMILES string of the molecule is NC(c1ccncc1)c1cnccn1. The zero-order chi connectivity index (χ0) is 9.80. The molecule has 2 aromatic heterocycles. The summed E-state index contributed by atoms with van der Waals surface area (Å²) >= 11 is 0. The highest BCUT2D eigenvalue weighted by molar-refractivity contribution is 5.23.